The van der Waals surface area contributed by atoms with Gasteiger partial charge in [0.2, 0.25) is 0 Å². The summed E-state index contributed by atoms with van der Waals surface area (Å²) in [5, 5.41) is 0. The normalized spacial score (nSPS) is 20.9. The molecule has 150 valence electrons. The SMILES string of the molecule is Cc1cc(-c2ccccc2)nc(CN2CCC([C@@H](C)N3CCOCC3)CC2)n1. The molecule has 2 fully saturated rings. The number of hydrogen-bond donors (Lipinski definition) is 0. The Labute approximate surface area is 168 Å². The van der Waals surface area contributed by atoms with Gasteiger partial charge in [-0.25, -0.2) is 9.97 Å². The standard InChI is InChI=1S/C23H32N4O/c1-18-16-22(21-6-4-3-5-7-21)25-23(24-18)17-26-10-8-20(9-11-26)19(2)27-12-14-28-15-13-27/h3-7,16,19-20H,8-15,17H2,1-2H3/t19-/m1/s1. The van der Waals surface area contributed by atoms with E-state index in [4.69, 9.17) is 14.7 Å². The summed E-state index contributed by atoms with van der Waals surface area (Å²) < 4.78 is 5.51. The zero-order valence-electron chi connectivity index (χ0n) is 17.2. The van der Waals surface area contributed by atoms with Crippen LogP contribution in [0.25, 0.3) is 11.3 Å². The lowest BCUT2D eigenvalue weighted by Crippen LogP contribution is -2.48. The maximum atomic E-state index is 5.51. The molecule has 0 amide bonds. The monoisotopic (exact) mass is 380 g/mol. The van der Waals surface area contributed by atoms with Crippen LogP contribution < -0.4 is 0 Å². The first kappa shape index (κ1) is 19.5. The first-order chi connectivity index (χ1) is 13.7. The van der Waals surface area contributed by atoms with Gasteiger partial charge >= 0.3 is 0 Å². The molecule has 28 heavy (non-hydrogen) atoms. The fraction of sp³-hybridized carbons (Fsp3) is 0.565. The van der Waals surface area contributed by atoms with E-state index in [-0.39, 0.29) is 0 Å². The number of hydrogen-bond acceptors (Lipinski definition) is 5. The van der Waals surface area contributed by atoms with Gasteiger partial charge in [0.05, 0.1) is 25.5 Å². The van der Waals surface area contributed by atoms with E-state index < -0.39 is 0 Å². The third kappa shape index (κ3) is 4.77. The van der Waals surface area contributed by atoms with Gasteiger partial charge in [0, 0.05) is 30.4 Å². The highest BCUT2D eigenvalue weighted by Gasteiger charge is 2.28. The van der Waals surface area contributed by atoms with E-state index in [0.717, 1.165) is 74.6 Å². The van der Waals surface area contributed by atoms with Gasteiger partial charge in [0.1, 0.15) is 5.82 Å². The van der Waals surface area contributed by atoms with Crippen LogP contribution in [0.4, 0.5) is 0 Å². The molecule has 0 N–H and O–H groups in total. The highest BCUT2D eigenvalue weighted by Crippen LogP contribution is 2.25. The van der Waals surface area contributed by atoms with Crippen molar-refractivity contribution in [3.05, 3.63) is 47.9 Å². The quantitative estimate of drug-likeness (QED) is 0.795. The average Bonchev–Trinajstić information content (AvgIpc) is 2.75. The average molecular weight is 381 g/mol. The Kier molecular flexibility index (Phi) is 6.35. The largest absolute Gasteiger partial charge is 0.379 e. The minimum absolute atomic E-state index is 0.658. The van der Waals surface area contributed by atoms with Crippen LogP contribution in [-0.4, -0.2) is 65.2 Å². The lowest BCUT2D eigenvalue weighted by molar-refractivity contribution is -0.00204. The van der Waals surface area contributed by atoms with Crippen LogP contribution in [0.3, 0.4) is 0 Å². The van der Waals surface area contributed by atoms with Gasteiger partial charge in [-0.15, -0.1) is 0 Å². The molecular formula is C23H32N4O. The molecule has 2 aliphatic heterocycles. The number of benzene rings is 1. The molecule has 5 nitrogen and oxygen atoms in total. The molecule has 5 heteroatoms. The zero-order valence-corrected chi connectivity index (χ0v) is 17.2. The predicted molar refractivity (Wildman–Crippen MR) is 112 cm³/mol. The fourth-order valence-corrected chi connectivity index (χ4v) is 4.53. The van der Waals surface area contributed by atoms with Crippen LogP contribution in [0.5, 0.6) is 0 Å². The van der Waals surface area contributed by atoms with Gasteiger partial charge in [-0.05, 0) is 51.8 Å². The van der Waals surface area contributed by atoms with Gasteiger partial charge in [-0.3, -0.25) is 9.80 Å². The molecule has 0 unspecified atom stereocenters. The molecule has 0 radical (unpaired) electrons. The molecule has 2 aromatic rings. The van der Waals surface area contributed by atoms with Crippen molar-refractivity contribution >= 4 is 0 Å². The van der Waals surface area contributed by atoms with Crippen LogP contribution >= 0.6 is 0 Å². The lowest BCUT2D eigenvalue weighted by Gasteiger charge is -2.40. The summed E-state index contributed by atoms with van der Waals surface area (Å²) in [5.41, 5.74) is 3.23. The number of likely N-dealkylation sites (tertiary alicyclic amines) is 1. The Morgan fingerprint density at radius 2 is 1.75 bits per heavy atom. The minimum Gasteiger partial charge on any atom is -0.379 e. The number of nitrogens with zero attached hydrogens (tertiary/aromatic N) is 4. The van der Waals surface area contributed by atoms with Crippen LogP contribution in [0.15, 0.2) is 36.4 Å². The minimum atomic E-state index is 0.658. The molecular weight excluding hydrogens is 348 g/mol. The number of ether oxygens (including phenoxy) is 1. The molecule has 0 saturated carbocycles. The van der Waals surface area contributed by atoms with E-state index in [2.05, 4.69) is 54.0 Å². The third-order valence-electron chi connectivity index (χ3n) is 6.27. The third-order valence-corrected chi connectivity index (χ3v) is 6.27. The number of morpholine rings is 1. The van der Waals surface area contributed by atoms with Crippen molar-refractivity contribution in [3.8, 4) is 11.3 Å². The maximum Gasteiger partial charge on any atom is 0.143 e. The summed E-state index contributed by atoms with van der Waals surface area (Å²) in [6, 6.07) is 13.1. The summed E-state index contributed by atoms with van der Waals surface area (Å²) in [6.45, 7) is 11.5. The zero-order chi connectivity index (χ0) is 19.3. The molecule has 4 rings (SSSR count). The van der Waals surface area contributed by atoms with Crippen molar-refractivity contribution in [2.75, 3.05) is 39.4 Å². The van der Waals surface area contributed by atoms with Crippen LogP contribution in [0.2, 0.25) is 0 Å². The van der Waals surface area contributed by atoms with E-state index in [0.29, 0.717) is 6.04 Å². The molecule has 3 heterocycles. The van der Waals surface area contributed by atoms with Crippen LogP contribution in [-0.2, 0) is 11.3 Å². The van der Waals surface area contributed by atoms with E-state index in [1.54, 1.807) is 0 Å². The molecule has 1 aromatic heterocycles. The van der Waals surface area contributed by atoms with Gasteiger partial charge < -0.3 is 4.74 Å². The smallest absolute Gasteiger partial charge is 0.143 e. The van der Waals surface area contributed by atoms with E-state index in [9.17, 15) is 0 Å². The van der Waals surface area contributed by atoms with E-state index >= 15 is 0 Å². The molecule has 1 atom stereocenters. The first-order valence-corrected chi connectivity index (χ1v) is 10.6. The highest BCUT2D eigenvalue weighted by atomic mass is 16.5. The second-order valence-corrected chi connectivity index (χ2v) is 8.18. The van der Waals surface area contributed by atoms with Crippen molar-refractivity contribution in [1.29, 1.82) is 0 Å². The van der Waals surface area contributed by atoms with Gasteiger partial charge in [-0.1, -0.05) is 30.3 Å². The number of rotatable bonds is 5. The van der Waals surface area contributed by atoms with Crippen LogP contribution in [0, 0.1) is 12.8 Å². The van der Waals surface area contributed by atoms with Crippen molar-refractivity contribution in [1.82, 2.24) is 19.8 Å². The van der Waals surface area contributed by atoms with Crippen LogP contribution in [0.1, 0.15) is 31.3 Å². The lowest BCUT2D eigenvalue weighted by atomic mass is 9.89. The number of aromatic nitrogens is 2. The molecule has 2 aliphatic rings. The van der Waals surface area contributed by atoms with E-state index in [1.807, 2.05) is 6.07 Å². The Balaban J connectivity index is 1.35. The summed E-state index contributed by atoms with van der Waals surface area (Å²) in [6.07, 6.45) is 2.52. The molecule has 0 aliphatic carbocycles. The highest BCUT2D eigenvalue weighted by molar-refractivity contribution is 5.58. The van der Waals surface area contributed by atoms with Crippen molar-refractivity contribution in [3.63, 3.8) is 0 Å². The predicted octanol–water partition coefficient (Wildman–Crippen LogP) is 3.38. The summed E-state index contributed by atoms with van der Waals surface area (Å²) in [4.78, 5) is 14.7. The first-order valence-electron chi connectivity index (χ1n) is 10.6. The molecule has 0 bridgehead atoms. The van der Waals surface area contributed by atoms with Crippen molar-refractivity contribution in [2.45, 2.75) is 39.3 Å². The fourth-order valence-electron chi connectivity index (χ4n) is 4.53. The number of aryl methyl sites for hydroxylation is 1. The second-order valence-electron chi connectivity index (χ2n) is 8.18. The molecule has 0 spiro atoms. The van der Waals surface area contributed by atoms with Gasteiger partial charge in [0.15, 0.2) is 0 Å². The molecule has 1 aromatic carbocycles. The second kappa shape index (κ2) is 9.12. The summed E-state index contributed by atoms with van der Waals surface area (Å²) >= 11 is 0. The van der Waals surface area contributed by atoms with Crippen molar-refractivity contribution < 1.29 is 4.74 Å². The van der Waals surface area contributed by atoms with Crippen molar-refractivity contribution in [2.24, 2.45) is 5.92 Å². The summed E-state index contributed by atoms with van der Waals surface area (Å²) in [7, 11) is 0. The van der Waals surface area contributed by atoms with E-state index in [1.165, 1.54) is 12.8 Å². The Morgan fingerprint density at radius 1 is 1.04 bits per heavy atom. The maximum absolute atomic E-state index is 5.51. The summed E-state index contributed by atoms with van der Waals surface area (Å²) in [5.74, 6) is 1.73. The Morgan fingerprint density at radius 3 is 2.46 bits per heavy atom. The van der Waals surface area contributed by atoms with Gasteiger partial charge in [0.25, 0.3) is 0 Å². The molecule has 2 saturated heterocycles. The Hall–Kier alpha value is -1.82. The topological polar surface area (TPSA) is 41.5 Å². The van der Waals surface area contributed by atoms with Gasteiger partial charge in [-0.2, -0.15) is 0 Å². The Bertz CT molecular complexity index is 752. The number of piperidine rings is 1.